The number of nitrogens with zero attached hydrogens (tertiary/aromatic N) is 16. The Bertz CT molecular complexity index is 6390. The van der Waals surface area contributed by atoms with Crippen LogP contribution in [0.4, 0.5) is 88.2 Å². The van der Waals surface area contributed by atoms with E-state index in [1.807, 2.05) is 119 Å². The number of nitrogens with two attached hydrogens (primary N) is 6. The summed E-state index contributed by atoms with van der Waals surface area (Å²) in [6, 6.07) is 58.0. The summed E-state index contributed by atoms with van der Waals surface area (Å²) in [4.78, 5) is 50.9. The van der Waals surface area contributed by atoms with Crippen LogP contribution in [0.25, 0.3) is 95.3 Å². The number of hydrazine groups is 1. The molecule has 1 aliphatic heterocycles. The van der Waals surface area contributed by atoms with Gasteiger partial charge in [-0.15, -0.1) is 10.2 Å². The van der Waals surface area contributed by atoms with Gasteiger partial charge in [0.1, 0.15) is 44.6 Å². The van der Waals surface area contributed by atoms with Crippen molar-refractivity contribution < 1.29 is 62.0 Å². The van der Waals surface area contributed by atoms with Gasteiger partial charge in [0.2, 0.25) is 29.7 Å². The van der Waals surface area contributed by atoms with Crippen molar-refractivity contribution in [1.82, 2.24) is 79.4 Å². The number of nitrogen functional groups attached to an aromatic ring is 6. The van der Waals surface area contributed by atoms with Gasteiger partial charge in [0.25, 0.3) is 0 Å². The molecule has 1 aliphatic rings. The maximum Gasteiger partial charge on any atom is 0.494 e. The van der Waals surface area contributed by atoms with Crippen LogP contribution < -0.4 is 45.4 Å². The highest BCUT2D eigenvalue weighted by atomic mass is 127. The maximum atomic E-state index is 13.3. The summed E-state index contributed by atoms with van der Waals surface area (Å²) in [5.74, 6) is 6.06. The van der Waals surface area contributed by atoms with Gasteiger partial charge in [-0.05, 0) is 149 Å². The van der Waals surface area contributed by atoms with E-state index in [2.05, 4.69) is 103 Å². The molecular formula is C85H72BCl3F12IN23O2. The first-order chi connectivity index (χ1) is 59.7. The lowest BCUT2D eigenvalue weighted by Crippen LogP contribution is -2.41. The van der Waals surface area contributed by atoms with E-state index in [-0.39, 0.29) is 80.2 Å². The highest BCUT2D eigenvalue weighted by Gasteiger charge is 2.52. The van der Waals surface area contributed by atoms with E-state index < -0.39 is 65.8 Å². The second-order valence-corrected chi connectivity index (χ2v) is 30.7. The topological polar surface area (TPSA) is 384 Å². The van der Waals surface area contributed by atoms with Crippen molar-refractivity contribution in [1.29, 1.82) is 0 Å². The molecule has 0 amide bonds. The van der Waals surface area contributed by atoms with Crippen molar-refractivity contribution in [2.45, 2.75) is 91.3 Å². The standard InChI is InChI=1S/C18H13F3N6.C17H12ClF3N4.C17H15F3N6.C13H17BF3NO2.C10H7ClIN3.C10H8ClN3/c1-10-7-12(8-13(24-10)18(19,20)21)14-15(11-5-3-2-4-6-11)25-17(22)27-9-23-26-16(14)27;1-9-7-11(8-12(23-9)17(19,20)21)13-14(10-5-3-2-4-6-10)24-16(22)25-15(13)18;1-9-7-11(8-12(23-9)17(18,19)20)13-14(10-5-3-2-4-6-10)24-16(21)25-15(13)26-22;1-8-6-9(7-10(18-8)13(15,16)17)14-19-11(2,3)12(4,5)20-14;11-9-7(12)8(14-10(13)15-9)6-4-2-1-3-5-6;11-9-6-8(13-10(12)14-9)7-4-2-1-3-5-7/h2-9H,1H3,(H2,22,25);2-8H,1H3,(H2,22,24,25);2-8H,22H2,1H3,(H3,21,24,25,26);6-7H,1-5H3;1-5H,(H2,13,14,15);1-6H,(H2,12,13,14). The lowest BCUT2D eigenvalue weighted by atomic mass is 9.79. The van der Waals surface area contributed by atoms with Gasteiger partial charge in [-0.2, -0.15) is 57.7 Å². The lowest BCUT2D eigenvalue weighted by Gasteiger charge is -2.32. The minimum atomic E-state index is -4.58. The van der Waals surface area contributed by atoms with Crippen molar-refractivity contribution in [3.8, 4) is 89.7 Å². The van der Waals surface area contributed by atoms with Crippen molar-refractivity contribution in [3.63, 3.8) is 0 Å². The number of hydrogen-bond donors (Lipinski definition) is 7. The van der Waals surface area contributed by atoms with E-state index in [1.54, 1.807) is 78.9 Å². The molecule has 15 aromatic rings. The molecule has 0 aliphatic carbocycles. The Labute approximate surface area is 746 Å². The molecule has 1 saturated heterocycles. The number of nitrogens with one attached hydrogen (secondary N) is 1. The summed E-state index contributed by atoms with van der Waals surface area (Å²) < 4.78 is 171. The number of pyridine rings is 4. The van der Waals surface area contributed by atoms with E-state index in [1.165, 1.54) is 50.6 Å². The lowest BCUT2D eigenvalue weighted by molar-refractivity contribution is -0.142. The summed E-state index contributed by atoms with van der Waals surface area (Å²) in [6.45, 7) is 13.4. The van der Waals surface area contributed by atoms with Crippen LogP contribution in [0.1, 0.15) is 73.2 Å². The second kappa shape index (κ2) is 39.3. The van der Waals surface area contributed by atoms with Crippen LogP contribution >= 0.6 is 57.4 Å². The van der Waals surface area contributed by atoms with Crippen molar-refractivity contribution in [3.05, 3.63) is 277 Å². The highest BCUT2D eigenvalue weighted by molar-refractivity contribution is 14.1. The molecule has 11 heterocycles. The molecule has 0 saturated carbocycles. The van der Waals surface area contributed by atoms with E-state index in [9.17, 15) is 52.7 Å². The van der Waals surface area contributed by atoms with Crippen LogP contribution in [-0.2, 0) is 34.0 Å². The Balaban J connectivity index is 0.000000150. The Kier molecular flexibility index (Phi) is 29.3. The van der Waals surface area contributed by atoms with Crippen LogP contribution in [0.5, 0.6) is 0 Å². The van der Waals surface area contributed by atoms with E-state index in [0.717, 1.165) is 50.4 Å². The van der Waals surface area contributed by atoms with Crippen LogP contribution in [-0.4, -0.2) is 97.7 Å². The molecule has 10 aromatic heterocycles. The van der Waals surface area contributed by atoms with E-state index in [0.29, 0.717) is 71.9 Å². The summed E-state index contributed by atoms with van der Waals surface area (Å²) in [5, 5.41) is 8.61. The normalized spacial score (nSPS) is 12.8. The van der Waals surface area contributed by atoms with E-state index >= 15 is 0 Å². The van der Waals surface area contributed by atoms with E-state index in [4.69, 9.17) is 78.6 Å². The first-order valence-corrected chi connectivity index (χ1v) is 39.6. The third-order valence-corrected chi connectivity index (χ3v) is 20.7. The number of benzene rings is 5. The fraction of sp³-hybridized carbons (Fsp3) is 0.165. The molecule has 0 bridgehead atoms. The molecule has 42 heteroatoms. The number of halogens is 16. The van der Waals surface area contributed by atoms with Gasteiger partial charge < -0.3 is 43.4 Å². The minimum Gasteiger partial charge on any atom is -0.399 e. The molecule has 0 spiro atoms. The molecule has 25 nitrogen and oxygen atoms in total. The molecule has 16 rings (SSSR count). The number of fused-ring (bicyclic) bond motifs is 1. The third kappa shape index (κ3) is 23.8. The number of aromatic nitrogens is 16. The second-order valence-electron chi connectivity index (χ2n) is 28.6. The Morgan fingerprint density at radius 2 is 0.724 bits per heavy atom. The maximum absolute atomic E-state index is 13.3. The summed E-state index contributed by atoms with van der Waals surface area (Å²) in [7, 11) is -0.817. The Morgan fingerprint density at radius 1 is 0.378 bits per heavy atom. The number of alkyl halides is 12. The summed E-state index contributed by atoms with van der Waals surface area (Å²) in [6.07, 6.45) is -16.8. The smallest absolute Gasteiger partial charge is 0.399 e. The molecule has 127 heavy (non-hydrogen) atoms. The van der Waals surface area contributed by atoms with Gasteiger partial charge in [0, 0.05) is 62.2 Å². The molecule has 654 valence electrons. The predicted octanol–water partition coefficient (Wildman–Crippen LogP) is 20.0. The molecule has 0 atom stereocenters. The average Bonchev–Trinajstić information content (AvgIpc) is 1.69. The number of anilines is 6. The third-order valence-electron chi connectivity index (χ3n) is 18.6. The molecule has 0 unspecified atom stereocenters. The van der Waals surface area contributed by atoms with Crippen LogP contribution in [0.3, 0.4) is 0 Å². The van der Waals surface area contributed by atoms with Gasteiger partial charge in [0.15, 0.2) is 11.5 Å². The minimum absolute atomic E-state index is 0.0231. The van der Waals surface area contributed by atoms with Crippen molar-refractivity contribution in [2.75, 3.05) is 34.1 Å². The molecular weight excluding hydrogens is 1850 g/mol. The van der Waals surface area contributed by atoms with Crippen LogP contribution in [0.2, 0.25) is 15.5 Å². The SMILES string of the molecule is Cc1cc(-c2c(-c3ccccc3)nc(N)n3cnnc23)cc(C(F)(F)F)n1.Cc1cc(-c2c(Cl)nc(N)nc2-c2ccccc2)cc(C(F)(F)F)n1.Cc1cc(-c2c(NN)nc(N)nc2-c2ccccc2)cc(C(F)(F)F)n1.Cc1cc(B2OC(C)(C)C(C)(C)O2)cc(C(F)(F)F)n1.Nc1nc(Cl)c(I)c(-c2ccccc2)n1.Nc1nc(Cl)cc(-c2ccccc2)n1. The van der Waals surface area contributed by atoms with Gasteiger partial charge in [-0.1, -0.05) is 186 Å². The van der Waals surface area contributed by atoms with Crippen LogP contribution in [0.15, 0.2) is 213 Å². The largest absolute Gasteiger partial charge is 0.494 e. The highest BCUT2D eigenvalue weighted by Crippen LogP contribution is 2.44. The van der Waals surface area contributed by atoms with Crippen molar-refractivity contribution >= 4 is 111 Å². The fourth-order valence-electron chi connectivity index (χ4n) is 12.4. The molecule has 1 fully saturated rings. The Hall–Kier alpha value is -12.9. The molecule has 5 aromatic carbocycles. The van der Waals surface area contributed by atoms with Gasteiger partial charge in [0.05, 0.1) is 54.4 Å². The van der Waals surface area contributed by atoms with Gasteiger partial charge in [-0.25, -0.2) is 65.7 Å². The zero-order valence-corrected chi connectivity index (χ0v) is 72.2. The Morgan fingerprint density at radius 3 is 1.14 bits per heavy atom. The van der Waals surface area contributed by atoms with Gasteiger partial charge in [-0.3, -0.25) is 4.40 Å². The summed E-state index contributed by atoms with van der Waals surface area (Å²) in [5.41, 5.74) is 35.7. The zero-order chi connectivity index (χ0) is 92.4. The first-order valence-electron chi connectivity index (χ1n) is 37.4. The van der Waals surface area contributed by atoms with Crippen LogP contribution in [0, 0.1) is 31.3 Å². The predicted molar refractivity (Wildman–Crippen MR) is 472 cm³/mol. The number of rotatable bonds is 10. The summed E-state index contributed by atoms with van der Waals surface area (Å²) >= 11 is 20.0. The average molecular weight is 1920 g/mol. The monoisotopic (exact) mass is 1920 g/mol. The quantitative estimate of drug-likeness (QED) is 0.0167. The zero-order valence-electron chi connectivity index (χ0n) is 67.8. The van der Waals surface area contributed by atoms with Gasteiger partial charge >= 0.3 is 31.8 Å². The first kappa shape index (κ1) is 94.7. The molecule has 0 radical (unpaired) electrons. The number of hydrogen-bond acceptors (Lipinski definition) is 24. The fourth-order valence-corrected chi connectivity index (χ4v) is 13.6. The number of aryl methyl sites for hydroxylation is 4. The van der Waals surface area contributed by atoms with Crippen molar-refractivity contribution in [2.24, 2.45) is 5.84 Å². The molecule has 13 N–H and O–H groups in total.